The van der Waals surface area contributed by atoms with Gasteiger partial charge < -0.3 is 4.74 Å². The van der Waals surface area contributed by atoms with Gasteiger partial charge in [-0.05, 0) is 54.6 Å². The van der Waals surface area contributed by atoms with E-state index in [2.05, 4.69) is 0 Å². The first-order valence-corrected chi connectivity index (χ1v) is 17.0. The highest BCUT2D eigenvalue weighted by atomic mass is 35.5. The van der Waals surface area contributed by atoms with Crippen LogP contribution in [0.1, 0.15) is 31.1 Å². The van der Waals surface area contributed by atoms with E-state index in [4.69, 9.17) is 97.5 Å². The quantitative estimate of drug-likeness (QED) is 0.0425. The van der Waals surface area contributed by atoms with Gasteiger partial charge in [-0.15, -0.1) is 23.2 Å². The number of allylic oxidation sites excluding steroid dienone is 2. The van der Waals surface area contributed by atoms with Crippen molar-refractivity contribution in [3.63, 3.8) is 0 Å². The Morgan fingerprint density at radius 3 is 1.76 bits per heavy atom. The molecule has 2 aliphatic carbocycles. The summed E-state index contributed by atoms with van der Waals surface area (Å²) in [5.41, 5.74) is -0.368. The van der Waals surface area contributed by atoms with Crippen molar-refractivity contribution in [2.75, 3.05) is 6.54 Å². The maximum atomic E-state index is 14.1. The second-order valence-corrected chi connectivity index (χ2v) is 15.3. The van der Waals surface area contributed by atoms with E-state index in [9.17, 15) is 34.1 Å². The van der Waals surface area contributed by atoms with Gasteiger partial charge in [0.2, 0.25) is 0 Å². The maximum Gasteiger partial charge on any atom is 0.343 e. The molecule has 50 heavy (non-hydrogen) atoms. The van der Waals surface area contributed by atoms with Crippen LogP contribution in [0.2, 0.25) is 10.0 Å². The number of nitro groups is 1. The van der Waals surface area contributed by atoms with E-state index in [1.807, 2.05) is 0 Å². The third-order valence-electron chi connectivity index (χ3n) is 8.52. The largest absolute Gasteiger partial charge is 0.423 e. The van der Waals surface area contributed by atoms with Crippen molar-refractivity contribution in [3.8, 4) is 5.75 Å². The molecule has 1 heterocycles. The summed E-state index contributed by atoms with van der Waals surface area (Å²) in [5.74, 6) is -7.96. The van der Waals surface area contributed by atoms with Gasteiger partial charge >= 0.3 is 5.97 Å². The predicted molar refractivity (Wildman–Crippen MR) is 185 cm³/mol. The molecule has 0 N–H and O–H groups in total. The molecule has 3 aromatic rings. The molecule has 11 nitrogen and oxygen atoms in total. The van der Waals surface area contributed by atoms with E-state index >= 15 is 0 Å². The van der Waals surface area contributed by atoms with E-state index in [1.165, 1.54) is 54.6 Å². The molecule has 2 bridgehead atoms. The first-order valence-electron chi connectivity index (χ1n) is 13.9. The van der Waals surface area contributed by atoms with Crippen molar-refractivity contribution in [1.82, 2.24) is 10.0 Å². The number of ether oxygens (including phenoxy) is 1. The number of carbonyl (C=O) groups is 5. The van der Waals surface area contributed by atoms with Crippen molar-refractivity contribution >= 4 is 128 Å². The first kappa shape index (κ1) is 36.7. The molecule has 0 spiro atoms. The second-order valence-electron chi connectivity index (χ2n) is 11.2. The summed E-state index contributed by atoms with van der Waals surface area (Å²) in [6.07, 6.45) is 0. The fraction of sp³-hybridized carbons (Fsp3) is 0.194. The number of esters is 1. The van der Waals surface area contributed by atoms with Crippen molar-refractivity contribution in [2.24, 2.45) is 11.8 Å². The Morgan fingerprint density at radius 1 is 0.760 bits per heavy atom. The van der Waals surface area contributed by atoms with Gasteiger partial charge in [-0.1, -0.05) is 69.6 Å². The highest BCUT2D eigenvalue weighted by Crippen LogP contribution is 2.77. The smallest absolute Gasteiger partial charge is 0.343 e. The number of Topliss-reactive ketones (excluding diaryl/α,β-unsaturated/α-hetero) is 1. The second kappa shape index (κ2) is 12.8. The number of ketones is 1. The fourth-order valence-corrected chi connectivity index (χ4v) is 9.28. The van der Waals surface area contributed by atoms with Gasteiger partial charge in [0.05, 0.1) is 42.4 Å². The molecule has 1 aliphatic heterocycles. The van der Waals surface area contributed by atoms with Crippen LogP contribution in [0, 0.1) is 22.0 Å². The molecule has 3 aromatic carbocycles. The third kappa shape index (κ3) is 5.28. The lowest BCUT2D eigenvalue weighted by atomic mass is 9.84. The highest BCUT2D eigenvalue weighted by Gasteiger charge is 2.88. The lowest BCUT2D eigenvalue weighted by Crippen LogP contribution is -2.56. The van der Waals surface area contributed by atoms with E-state index in [-0.39, 0.29) is 48.2 Å². The zero-order valence-electron chi connectivity index (χ0n) is 24.3. The number of hydrogen-bond donors (Lipinski definition) is 0. The van der Waals surface area contributed by atoms with Gasteiger partial charge in [-0.2, -0.15) is 5.01 Å². The summed E-state index contributed by atoms with van der Waals surface area (Å²) in [4.78, 5) is 74.3. The lowest BCUT2D eigenvalue weighted by molar-refractivity contribution is -0.384. The normalized spacial score (nSPS) is 24.8. The summed E-state index contributed by atoms with van der Waals surface area (Å²) in [6, 6.07) is 13.5. The summed E-state index contributed by atoms with van der Waals surface area (Å²) in [5, 5.41) is 11.3. The average molecular weight is 841 g/mol. The number of rotatable bonds is 8. The minimum absolute atomic E-state index is 0.00792. The molecule has 19 heteroatoms. The Balaban J connectivity index is 1.30. The van der Waals surface area contributed by atoms with Crippen LogP contribution in [0.4, 0.5) is 5.69 Å². The predicted octanol–water partition coefficient (Wildman–Crippen LogP) is 7.81. The topological polar surface area (TPSA) is 144 Å². The van der Waals surface area contributed by atoms with Crippen LogP contribution in [0.5, 0.6) is 5.75 Å². The fourth-order valence-electron chi connectivity index (χ4n) is 6.05. The minimum atomic E-state index is -2.23. The molecule has 3 amide bonds. The standard InChI is InChI=1S/C31H15Cl8N3O8/c32-18-10-5-15(11-19(18)33)25(44)40(41-26(45)21-22(27(41)46)30(37)24(35)23(34)29(21,36)31(30,38)39)12-20(43)13-3-8-17(9-4-13)50-28(47)14-1-6-16(7-2-14)42(48)49/h1-11,21-22H,12H2/t21-,22-,29-,30-/m1/s1. The summed E-state index contributed by atoms with van der Waals surface area (Å²) in [6.45, 7) is -0.885. The van der Waals surface area contributed by atoms with E-state index in [0.29, 0.717) is 10.0 Å². The van der Waals surface area contributed by atoms with Crippen molar-refractivity contribution in [3.05, 3.63) is 114 Å². The molecule has 6 rings (SSSR count). The number of hydrogen-bond acceptors (Lipinski definition) is 8. The molecule has 0 unspecified atom stereocenters. The van der Waals surface area contributed by atoms with Crippen LogP contribution in [-0.2, 0) is 9.59 Å². The Labute approximate surface area is 321 Å². The first-order chi connectivity index (χ1) is 23.4. The molecule has 0 aromatic heterocycles. The SMILES string of the molecule is O=C(CN(C(=O)c1ccc(Cl)c(Cl)c1)N1C(=O)[C@H]2[C@H](C1=O)[C@@]1(Cl)C(Cl)=C(Cl)[C@@]2(Cl)C1(Cl)Cl)c1ccc(OC(=O)c2ccc([N+](=O)[O-])cc2)cc1. The van der Waals surface area contributed by atoms with Gasteiger partial charge in [-0.25, -0.2) is 9.80 Å². The number of nitro benzene ring substituents is 1. The van der Waals surface area contributed by atoms with E-state index in [1.54, 1.807) is 0 Å². The van der Waals surface area contributed by atoms with Crippen LogP contribution in [0.25, 0.3) is 0 Å². The Morgan fingerprint density at radius 2 is 1.26 bits per heavy atom. The number of amides is 3. The summed E-state index contributed by atoms with van der Waals surface area (Å²) in [7, 11) is 0. The van der Waals surface area contributed by atoms with Crippen LogP contribution < -0.4 is 4.74 Å². The molecule has 1 saturated heterocycles. The zero-order chi connectivity index (χ0) is 36.7. The summed E-state index contributed by atoms with van der Waals surface area (Å²) >= 11 is 51.7. The third-order valence-corrected chi connectivity index (χ3v) is 13.5. The Kier molecular flexibility index (Phi) is 9.40. The minimum Gasteiger partial charge on any atom is -0.423 e. The van der Waals surface area contributed by atoms with Gasteiger partial charge in [0, 0.05) is 23.3 Å². The number of carbonyl (C=O) groups excluding carboxylic acids is 5. The van der Waals surface area contributed by atoms with Gasteiger partial charge in [0.15, 0.2) is 10.1 Å². The van der Waals surface area contributed by atoms with Crippen molar-refractivity contribution < 1.29 is 33.6 Å². The number of fused-ring (bicyclic) bond motifs is 5. The molecular weight excluding hydrogens is 826 g/mol. The van der Waals surface area contributed by atoms with Gasteiger partial charge in [0.1, 0.15) is 22.0 Å². The Bertz CT molecular complexity index is 2030. The highest BCUT2D eigenvalue weighted by molar-refractivity contribution is 6.67. The average Bonchev–Trinajstić information content (AvgIpc) is 3.47. The van der Waals surface area contributed by atoms with Crippen molar-refractivity contribution in [1.29, 1.82) is 0 Å². The molecular formula is C31H15Cl8N3O8. The molecule has 0 radical (unpaired) electrons. The lowest BCUT2D eigenvalue weighted by Gasteiger charge is -2.36. The monoisotopic (exact) mass is 837 g/mol. The number of imide groups is 1. The number of non-ortho nitro benzene ring substituents is 1. The Hall–Kier alpha value is -3.13. The molecule has 3 aliphatic rings. The maximum absolute atomic E-state index is 14.1. The van der Waals surface area contributed by atoms with Crippen LogP contribution in [-0.4, -0.2) is 65.0 Å². The number of nitrogens with zero attached hydrogens (tertiary/aromatic N) is 3. The van der Waals surface area contributed by atoms with Crippen LogP contribution >= 0.6 is 92.8 Å². The number of benzene rings is 3. The number of halogens is 8. The van der Waals surface area contributed by atoms with Gasteiger partial charge in [0.25, 0.3) is 23.4 Å². The molecule has 4 atom stereocenters. The van der Waals surface area contributed by atoms with Gasteiger partial charge in [-0.3, -0.25) is 29.3 Å². The van der Waals surface area contributed by atoms with Crippen LogP contribution in [0.15, 0.2) is 76.8 Å². The number of alkyl halides is 4. The van der Waals surface area contributed by atoms with Crippen LogP contribution in [0.3, 0.4) is 0 Å². The van der Waals surface area contributed by atoms with E-state index < -0.39 is 66.9 Å². The molecule has 2 fully saturated rings. The molecule has 258 valence electrons. The van der Waals surface area contributed by atoms with Crippen molar-refractivity contribution in [2.45, 2.75) is 14.1 Å². The molecule has 1 saturated carbocycles. The zero-order valence-corrected chi connectivity index (χ0v) is 30.4. The van der Waals surface area contributed by atoms with E-state index in [0.717, 1.165) is 12.1 Å². The number of hydrazine groups is 1. The summed E-state index contributed by atoms with van der Waals surface area (Å²) < 4.78 is 3.05.